The van der Waals surface area contributed by atoms with E-state index < -0.39 is 0 Å². The van der Waals surface area contributed by atoms with Crippen LogP contribution in [0.1, 0.15) is 0 Å². The Bertz CT molecular complexity index is 2930. The number of nitrogens with zero attached hydrogens (tertiary/aromatic N) is 2. The molecule has 0 N–H and O–H groups in total. The molecule has 0 aliphatic carbocycles. The summed E-state index contributed by atoms with van der Waals surface area (Å²) in [7, 11) is 0. The highest BCUT2D eigenvalue weighted by Gasteiger charge is 2.18. The molecule has 0 fully saturated rings. The van der Waals surface area contributed by atoms with E-state index in [2.05, 4.69) is 186 Å². The Morgan fingerprint density at radius 2 is 0.654 bits per heavy atom. The topological polar surface area (TPSA) is 25.8 Å². The van der Waals surface area contributed by atoms with Gasteiger partial charge in [0.2, 0.25) is 0 Å². The van der Waals surface area contributed by atoms with Crippen LogP contribution in [0.15, 0.2) is 194 Å². The molecule has 10 aromatic rings. The van der Waals surface area contributed by atoms with Crippen LogP contribution < -0.4 is 0 Å². The summed E-state index contributed by atoms with van der Waals surface area (Å²) in [5.74, 6) is 0.719. The van der Waals surface area contributed by atoms with Gasteiger partial charge in [0, 0.05) is 18.0 Å². The maximum atomic E-state index is 4.61. The van der Waals surface area contributed by atoms with E-state index in [0.29, 0.717) is 0 Å². The van der Waals surface area contributed by atoms with E-state index in [9.17, 15) is 0 Å². The molecular formula is C50H32N2. The summed E-state index contributed by atoms with van der Waals surface area (Å²) in [6.45, 7) is 0. The van der Waals surface area contributed by atoms with Gasteiger partial charge in [0.25, 0.3) is 0 Å². The summed E-state index contributed by atoms with van der Waals surface area (Å²) >= 11 is 0. The fourth-order valence-corrected chi connectivity index (χ4v) is 7.78. The van der Waals surface area contributed by atoms with Gasteiger partial charge in [0.1, 0.15) is 0 Å². The van der Waals surface area contributed by atoms with Crippen molar-refractivity contribution in [3.8, 4) is 55.9 Å². The lowest BCUT2D eigenvalue weighted by molar-refractivity contribution is 1.18. The Labute approximate surface area is 302 Å². The average molecular weight is 661 g/mol. The minimum Gasteiger partial charge on any atom is -0.237 e. The molecule has 0 spiro atoms. The first-order valence-corrected chi connectivity index (χ1v) is 17.7. The van der Waals surface area contributed by atoms with Gasteiger partial charge in [-0.3, -0.25) is 0 Å². The van der Waals surface area contributed by atoms with Gasteiger partial charge in [-0.15, -0.1) is 0 Å². The minimum atomic E-state index is 0.719. The predicted octanol–water partition coefficient (Wildman–Crippen LogP) is 13.4. The molecule has 2 heteroatoms. The van der Waals surface area contributed by atoms with Crippen LogP contribution in [-0.4, -0.2) is 9.97 Å². The smallest absolute Gasteiger partial charge is 0.159 e. The van der Waals surface area contributed by atoms with E-state index in [1.165, 1.54) is 87.6 Å². The summed E-state index contributed by atoms with van der Waals surface area (Å²) in [5.41, 5.74) is 10.6. The third-order valence-corrected chi connectivity index (χ3v) is 10.4. The molecule has 0 radical (unpaired) electrons. The molecule has 2 nitrogen and oxygen atoms in total. The van der Waals surface area contributed by atoms with Gasteiger partial charge in [-0.1, -0.05) is 158 Å². The Hall–Kier alpha value is -6.90. The molecule has 0 saturated heterocycles. The van der Waals surface area contributed by atoms with Crippen LogP contribution in [0.5, 0.6) is 0 Å². The van der Waals surface area contributed by atoms with Crippen molar-refractivity contribution in [3.05, 3.63) is 194 Å². The molecule has 52 heavy (non-hydrogen) atoms. The zero-order valence-corrected chi connectivity index (χ0v) is 28.4. The molecule has 0 bridgehead atoms. The normalized spacial score (nSPS) is 11.5. The number of rotatable bonds is 5. The lowest BCUT2D eigenvalue weighted by Gasteiger charge is -2.19. The molecule has 0 unspecified atom stereocenters. The fourth-order valence-electron chi connectivity index (χ4n) is 7.78. The van der Waals surface area contributed by atoms with Crippen molar-refractivity contribution in [1.82, 2.24) is 9.97 Å². The number of aromatic nitrogens is 2. The van der Waals surface area contributed by atoms with E-state index in [1.807, 2.05) is 18.5 Å². The van der Waals surface area contributed by atoms with Crippen LogP contribution in [0.3, 0.4) is 0 Å². The summed E-state index contributed by atoms with van der Waals surface area (Å²) < 4.78 is 0. The zero-order chi connectivity index (χ0) is 34.4. The Morgan fingerprint density at radius 1 is 0.250 bits per heavy atom. The van der Waals surface area contributed by atoms with Crippen molar-refractivity contribution in [2.75, 3.05) is 0 Å². The van der Waals surface area contributed by atoms with Crippen molar-refractivity contribution in [2.24, 2.45) is 0 Å². The number of hydrogen-bond donors (Lipinski definition) is 0. The molecule has 10 rings (SSSR count). The predicted molar refractivity (Wildman–Crippen MR) is 219 cm³/mol. The lowest BCUT2D eigenvalue weighted by atomic mass is 9.84. The Kier molecular flexibility index (Phi) is 7.18. The van der Waals surface area contributed by atoms with Crippen LogP contribution in [0, 0.1) is 0 Å². The number of hydrogen-bond acceptors (Lipinski definition) is 2. The fraction of sp³-hybridized carbons (Fsp3) is 0. The summed E-state index contributed by atoms with van der Waals surface area (Å²) in [4.78, 5) is 9.23. The molecule has 0 atom stereocenters. The highest BCUT2D eigenvalue weighted by Crippen LogP contribution is 2.45. The van der Waals surface area contributed by atoms with Gasteiger partial charge in [-0.2, -0.15) is 0 Å². The van der Waals surface area contributed by atoms with Crippen LogP contribution >= 0.6 is 0 Å². The minimum absolute atomic E-state index is 0.719. The Balaban J connectivity index is 1.15. The van der Waals surface area contributed by atoms with E-state index in [1.54, 1.807) is 0 Å². The van der Waals surface area contributed by atoms with Crippen molar-refractivity contribution in [2.45, 2.75) is 0 Å². The van der Waals surface area contributed by atoms with E-state index in [-0.39, 0.29) is 0 Å². The quantitative estimate of drug-likeness (QED) is 0.172. The second-order valence-electron chi connectivity index (χ2n) is 13.4. The molecule has 0 amide bonds. The monoisotopic (exact) mass is 660 g/mol. The zero-order valence-electron chi connectivity index (χ0n) is 28.4. The SMILES string of the molecule is c1cnc(-c2ccc3c(-c4ccc(-c5ccc6ccccc6c5)cc4)c4ccccc4c(-c4ccc(-c5ccc6ccccc6c5)cc4)c3c2)nc1. The van der Waals surface area contributed by atoms with Gasteiger partial charge in [0.15, 0.2) is 5.82 Å². The molecule has 242 valence electrons. The maximum Gasteiger partial charge on any atom is 0.159 e. The first-order chi connectivity index (χ1) is 25.8. The highest BCUT2D eigenvalue weighted by atomic mass is 14.8. The second kappa shape index (κ2) is 12.5. The Morgan fingerprint density at radius 3 is 1.19 bits per heavy atom. The van der Waals surface area contributed by atoms with Gasteiger partial charge in [-0.05, 0) is 112 Å². The molecule has 1 aromatic heterocycles. The van der Waals surface area contributed by atoms with Crippen LogP contribution in [0.4, 0.5) is 0 Å². The summed E-state index contributed by atoms with van der Waals surface area (Å²) in [5, 5.41) is 9.82. The molecule has 0 aliphatic heterocycles. The van der Waals surface area contributed by atoms with Crippen molar-refractivity contribution < 1.29 is 0 Å². The van der Waals surface area contributed by atoms with Crippen LogP contribution in [0.25, 0.3) is 99.0 Å². The molecular weight excluding hydrogens is 629 g/mol. The van der Waals surface area contributed by atoms with Crippen LogP contribution in [0.2, 0.25) is 0 Å². The van der Waals surface area contributed by atoms with Gasteiger partial charge >= 0.3 is 0 Å². The molecule has 0 saturated carbocycles. The lowest BCUT2D eigenvalue weighted by Crippen LogP contribution is -1.93. The first-order valence-electron chi connectivity index (χ1n) is 17.7. The van der Waals surface area contributed by atoms with E-state index in [0.717, 1.165) is 11.4 Å². The highest BCUT2D eigenvalue weighted by molar-refractivity contribution is 6.22. The number of benzene rings is 9. The largest absolute Gasteiger partial charge is 0.237 e. The summed E-state index contributed by atoms with van der Waals surface area (Å²) in [6.07, 6.45) is 3.61. The summed E-state index contributed by atoms with van der Waals surface area (Å²) in [6, 6.07) is 66.0. The van der Waals surface area contributed by atoms with Crippen molar-refractivity contribution in [3.63, 3.8) is 0 Å². The van der Waals surface area contributed by atoms with Crippen molar-refractivity contribution >= 4 is 43.1 Å². The average Bonchev–Trinajstić information content (AvgIpc) is 3.22. The van der Waals surface area contributed by atoms with E-state index in [4.69, 9.17) is 0 Å². The third-order valence-electron chi connectivity index (χ3n) is 10.4. The standard InChI is InChI=1S/C50H32N2/c1-3-10-39-30-41(24-18-33(39)8-1)35-14-20-37(21-15-35)48-44-12-5-6-13-45(44)49(47-32-43(26-27-46(47)48)50-51-28-7-29-52-50)38-22-16-36(17-23-38)42-25-19-34-9-2-4-11-40(34)31-42/h1-32H. The van der Waals surface area contributed by atoms with Crippen molar-refractivity contribution in [1.29, 1.82) is 0 Å². The molecule has 9 aromatic carbocycles. The van der Waals surface area contributed by atoms with Gasteiger partial charge in [-0.25, -0.2) is 9.97 Å². The first kappa shape index (κ1) is 30.0. The van der Waals surface area contributed by atoms with Crippen LogP contribution in [-0.2, 0) is 0 Å². The maximum absolute atomic E-state index is 4.61. The molecule has 0 aliphatic rings. The van der Waals surface area contributed by atoms with E-state index >= 15 is 0 Å². The second-order valence-corrected chi connectivity index (χ2v) is 13.4. The molecule has 1 heterocycles. The third kappa shape index (κ3) is 5.21. The van der Waals surface area contributed by atoms with Gasteiger partial charge < -0.3 is 0 Å². The van der Waals surface area contributed by atoms with Gasteiger partial charge in [0.05, 0.1) is 0 Å². The number of fused-ring (bicyclic) bond motifs is 4.